The lowest BCUT2D eigenvalue weighted by atomic mass is 10.1. The molecule has 18 heavy (non-hydrogen) atoms. The number of carbonyl (C=O) groups excluding carboxylic acids is 2. The van der Waals surface area contributed by atoms with Gasteiger partial charge >= 0.3 is 5.97 Å². The Morgan fingerprint density at radius 1 is 1.44 bits per heavy atom. The maximum absolute atomic E-state index is 11.1. The van der Waals surface area contributed by atoms with E-state index >= 15 is 0 Å². The average Bonchev–Trinajstić information content (AvgIpc) is 2.39. The summed E-state index contributed by atoms with van der Waals surface area (Å²) in [6.07, 6.45) is 0.717. The number of hydrogen-bond acceptors (Lipinski definition) is 4. The van der Waals surface area contributed by atoms with Crippen LogP contribution in [-0.2, 0) is 9.53 Å². The Bertz CT molecular complexity index is 494. The minimum absolute atomic E-state index is 0.0121. The molecule has 0 saturated carbocycles. The zero-order chi connectivity index (χ0) is 13.4. The van der Waals surface area contributed by atoms with Crippen molar-refractivity contribution in [1.82, 2.24) is 0 Å². The molecular formula is C14H14O4. The molecule has 0 aliphatic carbocycles. The Labute approximate surface area is 106 Å². The zero-order valence-electron chi connectivity index (χ0n) is 10.4. The smallest absolute Gasteiger partial charge is 0.317 e. The number of ether oxygens (including phenoxy) is 2. The monoisotopic (exact) mass is 246 g/mol. The molecular weight excluding hydrogens is 232 g/mol. The molecule has 0 saturated heterocycles. The molecule has 0 aliphatic heterocycles. The third-order valence-electron chi connectivity index (χ3n) is 2.15. The number of hydrogen-bond donors (Lipinski definition) is 0. The lowest BCUT2D eigenvalue weighted by molar-refractivity contribution is -0.141. The standard InChI is InChI=1S/C14H14O4/c1-3-18-14(16)6-4-5-11-7-8-13(17-2)9-12(11)10-15/h7-10H,3,6H2,1-2H3. The topological polar surface area (TPSA) is 52.6 Å². The van der Waals surface area contributed by atoms with Crippen LogP contribution < -0.4 is 4.74 Å². The van der Waals surface area contributed by atoms with Gasteiger partial charge in [-0.15, -0.1) is 0 Å². The lowest BCUT2D eigenvalue weighted by Crippen LogP contribution is -2.01. The van der Waals surface area contributed by atoms with Gasteiger partial charge in [-0.05, 0) is 25.1 Å². The Morgan fingerprint density at radius 3 is 2.83 bits per heavy atom. The van der Waals surface area contributed by atoms with Crippen molar-refractivity contribution in [2.75, 3.05) is 13.7 Å². The molecule has 1 aromatic rings. The molecule has 0 N–H and O–H groups in total. The maximum Gasteiger partial charge on any atom is 0.317 e. The van der Waals surface area contributed by atoms with E-state index in [0.717, 1.165) is 0 Å². The number of benzene rings is 1. The van der Waals surface area contributed by atoms with Gasteiger partial charge in [0.05, 0.1) is 13.7 Å². The second-order valence-corrected chi connectivity index (χ2v) is 3.35. The van der Waals surface area contributed by atoms with Gasteiger partial charge in [0.25, 0.3) is 0 Å². The Hall–Kier alpha value is -2.28. The second-order valence-electron chi connectivity index (χ2n) is 3.35. The van der Waals surface area contributed by atoms with Gasteiger partial charge in [0.15, 0.2) is 6.29 Å². The summed E-state index contributed by atoms with van der Waals surface area (Å²) in [5.41, 5.74) is 1.00. The van der Waals surface area contributed by atoms with Crippen molar-refractivity contribution in [2.24, 2.45) is 0 Å². The van der Waals surface area contributed by atoms with Crippen molar-refractivity contribution >= 4 is 12.3 Å². The molecule has 0 fully saturated rings. The third kappa shape index (κ3) is 3.95. The molecule has 0 unspecified atom stereocenters. The van der Waals surface area contributed by atoms with Crippen LogP contribution in [0.3, 0.4) is 0 Å². The highest BCUT2D eigenvalue weighted by atomic mass is 16.5. The number of carbonyl (C=O) groups is 2. The first kappa shape index (κ1) is 13.8. The summed E-state index contributed by atoms with van der Waals surface area (Å²) in [5, 5.41) is 0. The number of rotatable bonds is 4. The summed E-state index contributed by atoms with van der Waals surface area (Å²) in [6, 6.07) is 4.99. The highest BCUT2D eigenvalue weighted by molar-refractivity contribution is 5.80. The van der Waals surface area contributed by atoms with Crippen molar-refractivity contribution in [3.8, 4) is 17.6 Å². The normalized spacial score (nSPS) is 9.00. The Kier molecular flexibility index (Phi) is 5.46. The molecule has 0 aliphatic rings. The zero-order valence-corrected chi connectivity index (χ0v) is 10.4. The third-order valence-corrected chi connectivity index (χ3v) is 2.15. The van der Waals surface area contributed by atoms with Crippen LogP contribution >= 0.6 is 0 Å². The molecule has 0 heterocycles. The van der Waals surface area contributed by atoms with E-state index in [1.54, 1.807) is 25.1 Å². The number of aldehydes is 1. The SMILES string of the molecule is CCOC(=O)CC#Cc1ccc(OC)cc1C=O. The fraction of sp³-hybridized carbons (Fsp3) is 0.286. The van der Waals surface area contributed by atoms with Crippen molar-refractivity contribution < 1.29 is 19.1 Å². The average molecular weight is 246 g/mol. The van der Waals surface area contributed by atoms with Crippen LogP contribution in [-0.4, -0.2) is 26.0 Å². The van der Waals surface area contributed by atoms with E-state index in [-0.39, 0.29) is 12.4 Å². The summed E-state index contributed by atoms with van der Waals surface area (Å²) >= 11 is 0. The van der Waals surface area contributed by atoms with Crippen LogP contribution in [0.15, 0.2) is 18.2 Å². The molecule has 4 heteroatoms. The Balaban J connectivity index is 2.81. The molecule has 0 amide bonds. The number of methoxy groups -OCH3 is 1. The summed E-state index contributed by atoms with van der Waals surface area (Å²) in [4.78, 5) is 22.0. The van der Waals surface area contributed by atoms with Crippen LogP contribution in [0.5, 0.6) is 5.75 Å². The van der Waals surface area contributed by atoms with Crippen molar-refractivity contribution in [3.63, 3.8) is 0 Å². The maximum atomic E-state index is 11.1. The van der Waals surface area contributed by atoms with Crippen LogP contribution in [0.1, 0.15) is 29.3 Å². The molecule has 0 aromatic heterocycles. The van der Waals surface area contributed by atoms with Gasteiger partial charge in [-0.2, -0.15) is 0 Å². The molecule has 94 valence electrons. The molecule has 0 radical (unpaired) electrons. The summed E-state index contributed by atoms with van der Waals surface area (Å²) in [6.45, 7) is 2.07. The molecule has 0 atom stereocenters. The molecule has 4 nitrogen and oxygen atoms in total. The largest absolute Gasteiger partial charge is 0.497 e. The predicted molar refractivity (Wildman–Crippen MR) is 66.5 cm³/mol. The van der Waals surface area contributed by atoms with Crippen LogP contribution in [0.25, 0.3) is 0 Å². The first-order chi connectivity index (χ1) is 8.71. The van der Waals surface area contributed by atoms with Gasteiger partial charge in [0.2, 0.25) is 0 Å². The van der Waals surface area contributed by atoms with Crippen LogP contribution in [0, 0.1) is 11.8 Å². The summed E-state index contributed by atoms with van der Waals surface area (Å²) in [7, 11) is 1.52. The van der Waals surface area contributed by atoms with Gasteiger partial charge in [0, 0.05) is 11.1 Å². The summed E-state index contributed by atoms with van der Waals surface area (Å²) < 4.78 is 9.75. The fourth-order valence-electron chi connectivity index (χ4n) is 1.30. The minimum Gasteiger partial charge on any atom is -0.497 e. The van der Waals surface area contributed by atoms with Crippen molar-refractivity contribution in [1.29, 1.82) is 0 Å². The van der Waals surface area contributed by atoms with E-state index in [9.17, 15) is 9.59 Å². The van der Waals surface area contributed by atoms with E-state index < -0.39 is 0 Å². The molecule has 1 rings (SSSR count). The summed E-state index contributed by atoms with van der Waals surface area (Å²) in [5.74, 6) is 5.66. The minimum atomic E-state index is -0.369. The number of esters is 1. The van der Waals surface area contributed by atoms with Crippen molar-refractivity contribution in [3.05, 3.63) is 29.3 Å². The van der Waals surface area contributed by atoms with Gasteiger partial charge < -0.3 is 9.47 Å². The second kappa shape index (κ2) is 7.13. The quantitative estimate of drug-likeness (QED) is 0.462. The molecule has 0 bridgehead atoms. The Morgan fingerprint density at radius 2 is 2.22 bits per heavy atom. The van der Waals surface area contributed by atoms with E-state index in [2.05, 4.69) is 11.8 Å². The van der Waals surface area contributed by atoms with Gasteiger partial charge in [-0.3, -0.25) is 9.59 Å². The highest BCUT2D eigenvalue weighted by Gasteiger charge is 2.01. The van der Waals surface area contributed by atoms with Crippen molar-refractivity contribution in [2.45, 2.75) is 13.3 Å². The molecule has 0 spiro atoms. The van der Waals surface area contributed by atoms with Gasteiger partial charge in [-0.1, -0.05) is 11.8 Å². The van der Waals surface area contributed by atoms with E-state index in [4.69, 9.17) is 9.47 Å². The first-order valence-electron chi connectivity index (χ1n) is 5.49. The van der Waals surface area contributed by atoms with E-state index in [1.807, 2.05) is 0 Å². The van der Waals surface area contributed by atoms with Gasteiger partial charge in [0.1, 0.15) is 12.2 Å². The molecule has 1 aromatic carbocycles. The lowest BCUT2D eigenvalue weighted by Gasteiger charge is -2.01. The highest BCUT2D eigenvalue weighted by Crippen LogP contribution is 2.15. The van der Waals surface area contributed by atoms with Gasteiger partial charge in [-0.25, -0.2) is 0 Å². The predicted octanol–water partition coefficient (Wildman–Crippen LogP) is 1.81. The van der Waals surface area contributed by atoms with E-state index in [0.29, 0.717) is 29.8 Å². The first-order valence-corrected chi connectivity index (χ1v) is 5.49. The van der Waals surface area contributed by atoms with Crippen LogP contribution in [0.4, 0.5) is 0 Å². The van der Waals surface area contributed by atoms with E-state index in [1.165, 1.54) is 7.11 Å². The van der Waals surface area contributed by atoms with Crippen LogP contribution in [0.2, 0.25) is 0 Å². The fourth-order valence-corrected chi connectivity index (χ4v) is 1.30.